The summed E-state index contributed by atoms with van der Waals surface area (Å²) in [4.78, 5) is 8.27. The zero-order valence-corrected chi connectivity index (χ0v) is 26.7. The van der Waals surface area contributed by atoms with E-state index in [0.29, 0.717) is 0 Å². The van der Waals surface area contributed by atoms with Gasteiger partial charge in [-0.05, 0) is 55.7 Å². The highest BCUT2D eigenvalue weighted by atomic mass is 35.5. The van der Waals surface area contributed by atoms with Gasteiger partial charge in [0, 0.05) is 6.20 Å². The third-order valence-corrected chi connectivity index (χ3v) is 14.6. The third kappa shape index (κ3) is 4.52. The van der Waals surface area contributed by atoms with Crippen LogP contribution in [0.4, 0.5) is 0 Å². The van der Waals surface area contributed by atoms with E-state index in [0.717, 1.165) is 3.97 Å². The van der Waals surface area contributed by atoms with E-state index in [2.05, 4.69) is 43.8 Å². The van der Waals surface area contributed by atoms with Crippen LogP contribution in [0.1, 0.15) is 40.2 Å². The van der Waals surface area contributed by atoms with E-state index in [4.69, 9.17) is 41.8 Å². The zero-order valence-electron chi connectivity index (χ0n) is 23.4. The van der Waals surface area contributed by atoms with Gasteiger partial charge in [-0.15, -0.1) is 0 Å². The highest BCUT2D eigenvalue weighted by Crippen LogP contribution is 2.55. The average Bonchev–Trinajstić information content (AvgIpc) is 3.45. The van der Waals surface area contributed by atoms with Crippen molar-refractivity contribution in [2.45, 2.75) is 80.9 Å². The highest BCUT2D eigenvalue weighted by molar-refractivity contribution is 7.90. The van der Waals surface area contributed by atoms with Crippen LogP contribution in [0, 0.1) is 0 Å². The molecule has 0 bridgehead atoms. The van der Waals surface area contributed by atoms with Crippen molar-refractivity contribution in [3.05, 3.63) is 52.5 Å². The molecule has 2 aromatic heterocycles. The second kappa shape index (κ2) is 9.45. The summed E-state index contributed by atoms with van der Waals surface area (Å²) in [5.41, 5.74) is -1.67. The van der Waals surface area contributed by atoms with Gasteiger partial charge in [0.1, 0.15) is 17.1 Å². The molecule has 2 aliphatic rings. The molecule has 2 saturated heterocycles. The van der Waals surface area contributed by atoms with Crippen molar-refractivity contribution in [2.24, 2.45) is 0 Å². The summed E-state index contributed by atoms with van der Waals surface area (Å²) in [5.74, 6) is -3.36. The van der Waals surface area contributed by atoms with Crippen molar-refractivity contribution in [1.82, 2.24) is 13.9 Å². The Morgan fingerprint density at radius 2 is 1.82 bits per heavy atom. The number of aliphatic hydroxyl groups is 1. The normalized spacial score (nSPS) is 26.9. The fourth-order valence-corrected chi connectivity index (χ4v) is 7.86. The fraction of sp³-hybridized carbons (Fsp3) is 0.538. The van der Waals surface area contributed by atoms with E-state index in [1.54, 1.807) is 32.0 Å². The smallest absolute Gasteiger partial charge is 0.268 e. The minimum Gasteiger partial charge on any atom is -0.414 e. The molecule has 40 heavy (non-hydrogen) atoms. The molecule has 1 N–H and O–H groups in total. The molecule has 4 heterocycles. The molecule has 0 radical (unpaired) electrons. The van der Waals surface area contributed by atoms with Crippen molar-refractivity contribution in [2.75, 3.05) is 13.2 Å². The fourth-order valence-electron chi connectivity index (χ4n) is 4.94. The summed E-state index contributed by atoms with van der Waals surface area (Å²) in [6.07, 6.45) is 0.490. The quantitative estimate of drug-likeness (QED) is 0.226. The Balaban J connectivity index is 1.74. The molecule has 0 spiro atoms. The molecule has 0 aliphatic carbocycles. The van der Waals surface area contributed by atoms with Gasteiger partial charge in [-0.1, -0.05) is 50.6 Å². The number of rotatable bonds is 6. The molecular weight excluding hydrogens is 597 g/mol. The first-order valence-electron chi connectivity index (χ1n) is 12.8. The number of hydrogen-bond acceptors (Lipinski definition) is 9. The first-order valence-corrected chi connectivity index (χ1v) is 17.9. The van der Waals surface area contributed by atoms with Gasteiger partial charge in [-0.25, -0.2) is 22.4 Å². The Bertz CT molecular complexity index is 1580. The van der Waals surface area contributed by atoms with Crippen molar-refractivity contribution >= 4 is 52.6 Å². The van der Waals surface area contributed by atoms with Gasteiger partial charge >= 0.3 is 0 Å². The molecule has 3 atom stereocenters. The predicted molar refractivity (Wildman–Crippen MR) is 152 cm³/mol. The van der Waals surface area contributed by atoms with Crippen LogP contribution in [-0.2, 0) is 34.4 Å². The van der Waals surface area contributed by atoms with Crippen LogP contribution in [-0.4, -0.2) is 66.5 Å². The van der Waals surface area contributed by atoms with E-state index in [-0.39, 0.29) is 50.2 Å². The molecule has 2 fully saturated rings. The first kappa shape index (κ1) is 29.9. The standard InChI is InChI=1S/C26H33Cl2N3O7SSi/c1-23(2,3)40(6,7)36-15-25-18(37-24(4,5)38-25)14-35-26(25,32)17-13-31(20-19(17)29-22(28)30-21(20)27)39(33,34)16-11-9-8-10-12-16/h8-13,18,32H,14-15H2,1-7H3. The zero-order chi connectivity index (χ0) is 29.5. The van der Waals surface area contributed by atoms with Crippen LogP contribution < -0.4 is 0 Å². The van der Waals surface area contributed by atoms with Gasteiger partial charge in [0.25, 0.3) is 10.0 Å². The second-order valence-electron chi connectivity index (χ2n) is 12.1. The Morgan fingerprint density at radius 1 is 1.18 bits per heavy atom. The molecule has 0 saturated carbocycles. The molecule has 0 amide bonds. The van der Waals surface area contributed by atoms with E-state index in [1.807, 2.05) is 0 Å². The van der Waals surface area contributed by atoms with Crippen LogP contribution >= 0.6 is 23.2 Å². The summed E-state index contributed by atoms with van der Waals surface area (Å²) >= 11 is 12.7. The highest BCUT2D eigenvalue weighted by Gasteiger charge is 2.72. The molecule has 5 rings (SSSR count). The maximum absolute atomic E-state index is 13.8. The van der Waals surface area contributed by atoms with Crippen molar-refractivity contribution < 1.29 is 32.2 Å². The summed E-state index contributed by atoms with van der Waals surface area (Å²) < 4.78 is 53.8. The number of aromatic nitrogens is 3. The van der Waals surface area contributed by atoms with Crippen molar-refractivity contribution in [3.8, 4) is 0 Å². The lowest BCUT2D eigenvalue weighted by molar-refractivity contribution is -0.307. The van der Waals surface area contributed by atoms with Crippen molar-refractivity contribution in [3.63, 3.8) is 0 Å². The van der Waals surface area contributed by atoms with Crippen LogP contribution in [0.25, 0.3) is 11.0 Å². The number of benzene rings is 1. The first-order chi connectivity index (χ1) is 18.3. The molecule has 2 aliphatic heterocycles. The summed E-state index contributed by atoms with van der Waals surface area (Å²) in [6.45, 7) is 13.8. The van der Waals surface area contributed by atoms with Gasteiger partial charge in [-0.2, -0.15) is 0 Å². The topological polar surface area (TPSA) is 122 Å². The lowest BCUT2D eigenvalue weighted by Gasteiger charge is -2.43. The maximum atomic E-state index is 13.8. The van der Waals surface area contributed by atoms with E-state index < -0.39 is 41.6 Å². The second-order valence-corrected chi connectivity index (χ2v) is 19.5. The summed E-state index contributed by atoms with van der Waals surface area (Å²) in [7, 11) is -6.57. The minimum atomic E-state index is -4.21. The summed E-state index contributed by atoms with van der Waals surface area (Å²) in [5, 5.41) is 11.9. The molecule has 1 aromatic carbocycles. The van der Waals surface area contributed by atoms with Gasteiger partial charge in [0.05, 0.1) is 23.7 Å². The van der Waals surface area contributed by atoms with Gasteiger partial charge < -0.3 is 23.7 Å². The number of ether oxygens (including phenoxy) is 3. The molecule has 10 nitrogen and oxygen atoms in total. The maximum Gasteiger partial charge on any atom is 0.268 e. The molecule has 3 aromatic rings. The van der Waals surface area contributed by atoms with Gasteiger partial charge in [0.15, 0.2) is 24.9 Å². The number of fused-ring (bicyclic) bond motifs is 2. The predicted octanol–water partition coefficient (Wildman–Crippen LogP) is 5.06. The number of halogens is 2. The molecular formula is C26H33Cl2N3O7SSi. The van der Waals surface area contributed by atoms with Gasteiger partial charge in [0.2, 0.25) is 11.1 Å². The number of hydrogen-bond donors (Lipinski definition) is 1. The third-order valence-electron chi connectivity index (χ3n) is 8.05. The SMILES string of the molecule is CC1(C)OC2COC(O)(c3cn(S(=O)(=O)c4ccccc4)c4c(Cl)nc(Cl)nc34)C2(CO[Si](C)(C)C(C)(C)C)O1. The van der Waals surface area contributed by atoms with Crippen LogP contribution in [0.2, 0.25) is 28.6 Å². The Labute approximate surface area is 244 Å². The molecule has 218 valence electrons. The average molecular weight is 631 g/mol. The summed E-state index contributed by atoms with van der Waals surface area (Å²) in [6, 6.07) is 7.81. The van der Waals surface area contributed by atoms with Crippen LogP contribution in [0.15, 0.2) is 41.4 Å². The molecule has 3 unspecified atom stereocenters. The largest absolute Gasteiger partial charge is 0.414 e. The lowest BCUT2D eigenvalue weighted by atomic mass is 9.86. The van der Waals surface area contributed by atoms with E-state index in [9.17, 15) is 13.5 Å². The monoisotopic (exact) mass is 629 g/mol. The Hall–Kier alpha value is -1.61. The van der Waals surface area contributed by atoms with Crippen LogP contribution in [0.5, 0.6) is 0 Å². The lowest BCUT2D eigenvalue weighted by Crippen LogP contribution is -2.59. The van der Waals surface area contributed by atoms with Crippen LogP contribution in [0.3, 0.4) is 0 Å². The Kier molecular flexibility index (Phi) is 7.05. The van der Waals surface area contributed by atoms with Crippen molar-refractivity contribution in [1.29, 1.82) is 0 Å². The van der Waals surface area contributed by atoms with E-state index >= 15 is 0 Å². The Morgan fingerprint density at radius 3 is 2.45 bits per heavy atom. The number of nitrogens with zero attached hydrogens (tertiary/aromatic N) is 3. The minimum absolute atomic E-state index is 0.000713. The van der Waals surface area contributed by atoms with E-state index in [1.165, 1.54) is 18.3 Å². The molecule has 14 heteroatoms. The van der Waals surface area contributed by atoms with Gasteiger partial charge in [-0.3, -0.25) is 0 Å².